The Hall–Kier alpha value is -1.88. The molecule has 0 aliphatic carbocycles. The summed E-state index contributed by atoms with van der Waals surface area (Å²) in [7, 11) is 1.99. The van der Waals surface area contributed by atoms with Gasteiger partial charge in [0.2, 0.25) is 11.8 Å². The predicted molar refractivity (Wildman–Crippen MR) is 110 cm³/mol. The molecule has 0 aromatic heterocycles. The van der Waals surface area contributed by atoms with Crippen LogP contribution in [0.25, 0.3) is 0 Å². The number of aryl methyl sites for hydroxylation is 1. The van der Waals surface area contributed by atoms with Gasteiger partial charge in [-0.3, -0.25) is 14.5 Å². The number of hydrogen-bond acceptors (Lipinski definition) is 3. The van der Waals surface area contributed by atoms with Gasteiger partial charge in [0.1, 0.15) is 0 Å². The molecule has 1 aromatic rings. The lowest BCUT2D eigenvalue weighted by atomic mass is 9.90. The molecule has 1 fully saturated rings. The molecule has 0 spiro atoms. The predicted octanol–water partition coefficient (Wildman–Crippen LogP) is 2.62. The van der Waals surface area contributed by atoms with Gasteiger partial charge in [0.05, 0.1) is 13.0 Å². The van der Waals surface area contributed by atoms with Crippen molar-refractivity contribution in [3.8, 4) is 0 Å². The molecule has 2 amide bonds. The van der Waals surface area contributed by atoms with Gasteiger partial charge in [0.15, 0.2) is 0 Å². The first-order valence-electron chi connectivity index (χ1n) is 10.1. The maximum Gasteiger partial charge on any atom is 0.236 e. The van der Waals surface area contributed by atoms with E-state index in [1.165, 1.54) is 0 Å². The van der Waals surface area contributed by atoms with Crippen molar-refractivity contribution in [2.45, 2.75) is 59.0 Å². The van der Waals surface area contributed by atoms with E-state index in [0.717, 1.165) is 37.1 Å². The Morgan fingerprint density at radius 1 is 1.19 bits per heavy atom. The zero-order valence-electron chi connectivity index (χ0n) is 17.5. The van der Waals surface area contributed by atoms with Gasteiger partial charge in [-0.1, -0.05) is 24.3 Å². The van der Waals surface area contributed by atoms with Crippen molar-refractivity contribution < 1.29 is 9.59 Å². The highest BCUT2D eigenvalue weighted by Gasteiger charge is 2.27. The smallest absolute Gasteiger partial charge is 0.236 e. The van der Waals surface area contributed by atoms with Gasteiger partial charge in [-0.15, -0.1) is 0 Å². The number of likely N-dealkylation sites (N-methyl/N-ethyl adjacent to an activating group) is 1. The summed E-state index contributed by atoms with van der Waals surface area (Å²) in [5, 5.41) is 3.17. The summed E-state index contributed by atoms with van der Waals surface area (Å²) in [4.78, 5) is 28.9. The summed E-state index contributed by atoms with van der Waals surface area (Å²) >= 11 is 0. The molecule has 1 N–H and O–H groups in total. The van der Waals surface area contributed by atoms with Crippen LogP contribution in [0.1, 0.15) is 44.7 Å². The first-order valence-corrected chi connectivity index (χ1v) is 10.1. The van der Waals surface area contributed by atoms with Crippen molar-refractivity contribution in [3.05, 3.63) is 35.4 Å². The number of rotatable bonds is 7. The fourth-order valence-corrected chi connectivity index (χ4v) is 3.55. The number of nitrogens with zero attached hydrogens (tertiary/aromatic N) is 2. The minimum Gasteiger partial charge on any atom is -0.353 e. The van der Waals surface area contributed by atoms with Crippen molar-refractivity contribution in [1.82, 2.24) is 15.1 Å². The first-order chi connectivity index (χ1) is 12.8. The Morgan fingerprint density at radius 3 is 2.41 bits per heavy atom. The van der Waals surface area contributed by atoms with Gasteiger partial charge in [-0.2, -0.15) is 0 Å². The van der Waals surface area contributed by atoms with Crippen molar-refractivity contribution in [2.24, 2.45) is 5.92 Å². The molecule has 2 rings (SSSR count). The number of hydrogen-bond donors (Lipinski definition) is 1. The van der Waals surface area contributed by atoms with Crippen LogP contribution in [0, 0.1) is 12.8 Å². The normalized spacial score (nSPS) is 16.6. The Balaban J connectivity index is 1.77. The summed E-state index contributed by atoms with van der Waals surface area (Å²) in [5.74, 6) is 0.715. The molecule has 0 radical (unpaired) electrons. The molecule has 1 heterocycles. The topological polar surface area (TPSA) is 52.7 Å². The molecule has 27 heavy (non-hydrogen) atoms. The van der Waals surface area contributed by atoms with Crippen LogP contribution in [0.2, 0.25) is 0 Å². The number of carbonyl (C=O) groups is 2. The second kappa shape index (κ2) is 9.88. The van der Waals surface area contributed by atoms with Gasteiger partial charge in [-0.25, -0.2) is 0 Å². The number of amides is 2. The number of carbonyl (C=O) groups excluding carboxylic acids is 2. The molecular weight excluding hydrogens is 338 g/mol. The molecule has 1 aromatic carbocycles. The average molecular weight is 374 g/mol. The Labute approximate surface area is 164 Å². The molecular formula is C22H35N3O2. The van der Waals surface area contributed by atoms with Crippen LogP contribution in [0.5, 0.6) is 0 Å². The number of piperidine rings is 1. The maximum atomic E-state index is 12.4. The summed E-state index contributed by atoms with van der Waals surface area (Å²) in [6, 6.07) is 8.52. The zero-order chi connectivity index (χ0) is 20.0. The van der Waals surface area contributed by atoms with E-state index in [0.29, 0.717) is 24.9 Å². The van der Waals surface area contributed by atoms with Gasteiger partial charge < -0.3 is 10.2 Å². The Morgan fingerprint density at radius 2 is 1.81 bits per heavy atom. The van der Waals surface area contributed by atoms with Crippen molar-refractivity contribution in [1.29, 1.82) is 0 Å². The number of likely N-dealkylation sites (tertiary alicyclic amines) is 1. The minimum absolute atomic E-state index is 0.0777. The van der Waals surface area contributed by atoms with Gasteiger partial charge in [-0.05, 0) is 64.6 Å². The van der Waals surface area contributed by atoms with E-state index in [4.69, 9.17) is 0 Å². The monoisotopic (exact) mass is 373 g/mol. The van der Waals surface area contributed by atoms with Crippen LogP contribution < -0.4 is 5.32 Å². The lowest BCUT2D eigenvalue weighted by Gasteiger charge is -2.36. The maximum absolute atomic E-state index is 12.4. The van der Waals surface area contributed by atoms with E-state index < -0.39 is 0 Å². The molecule has 1 aliphatic heterocycles. The fraction of sp³-hybridized carbons (Fsp3) is 0.636. The van der Waals surface area contributed by atoms with Crippen LogP contribution in [0.3, 0.4) is 0 Å². The number of nitrogens with one attached hydrogen (secondary N) is 1. The molecule has 5 nitrogen and oxygen atoms in total. The molecule has 5 heteroatoms. The second-order valence-corrected chi connectivity index (χ2v) is 8.19. The van der Waals surface area contributed by atoms with Crippen LogP contribution in [0.4, 0.5) is 0 Å². The highest BCUT2D eigenvalue weighted by Crippen LogP contribution is 2.21. The second-order valence-electron chi connectivity index (χ2n) is 8.19. The Bertz CT molecular complexity index is 636. The summed E-state index contributed by atoms with van der Waals surface area (Å²) in [6.45, 7) is 10.4. The van der Waals surface area contributed by atoms with Crippen molar-refractivity contribution >= 4 is 11.8 Å². The van der Waals surface area contributed by atoms with E-state index in [9.17, 15) is 9.59 Å². The van der Waals surface area contributed by atoms with Crippen molar-refractivity contribution in [2.75, 3.05) is 26.7 Å². The van der Waals surface area contributed by atoms with Crippen LogP contribution in [-0.2, 0) is 16.0 Å². The molecule has 1 aliphatic rings. The molecule has 1 saturated heterocycles. The van der Waals surface area contributed by atoms with Gasteiger partial charge in [0.25, 0.3) is 0 Å². The van der Waals surface area contributed by atoms with E-state index in [2.05, 4.69) is 31.0 Å². The number of benzene rings is 1. The molecule has 0 bridgehead atoms. The minimum atomic E-state index is 0.0777. The summed E-state index contributed by atoms with van der Waals surface area (Å²) < 4.78 is 0. The third kappa shape index (κ3) is 6.35. The Kier molecular flexibility index (Phi) is 7.84. The largest absolute Gasteiger partial charge is 0.353 e. The van der Waals surface area contributed by atoms with E-state index in [1.807, 2.05) is 43.1 Å². The third-order valence-electron chi connectivity index (χ3n) is 5.87. The van der Waals surface area contributed by atoms with Crippen LogP contribution in [0.15, 0.2) is 24.3 Å². The highest BCUT2D eigenvalue weighted by atomic mass is 16.2. The van der Waals surface area contributed by atoms with Crippen LogP contribution >= 0.6 is 0 Å². The fourth-order valence-electron chi connectivity index (χ4n) is 3.55. The highest BCUT2D eigenvalue weighted by molar-refractivity contribution is 5.79. The van der Waals surface area contributed by atoms with Crippen molar-refractivity contribution in [3.63, 3.8) is 0 Å². The standard InChI is InChI=1S/C22H35N3O2/c1-16(2)24(5)15-22(27)25-12-10-19(11-13-25)18(4)23-21(26)14-20-9-7-6-8-17(20)3/h6-9,16,18-19H,10-15H2,1-5H3,(H,23,26)/t18-/m1/s1. The quantitative estimate of drug-likeness (QED) is 0.799. The van der Waals surface area contributed by atoms with Crippen LogP contribution in [-0.4, -0.2) is 60.4 Å². The van der Waals surface area contributed by atoms with E-state index >= 15 is 0 Å². The average Bonchev–Trinajstić information content (AvgIpc) is 2.63. The zero-order valence-corrected chi connectivity index (χ0v) is 17.5. The summed E-state index contributed by atoms with van der Waals surface area (Å²) in [5.41, 5.74) is 2.23. The lowest BCUT2D eigenvalue weighted by Crippen LogP contribution is -2.48. The SMILES string of the molecule is Cc1ccccc1CC(=O)N[C@H](C)C1CCN(C(=O)CN(C)C(C)C)CC1. The summed E-state index contributed by atoms with van der Waals surface area (Å²) in [6.07, 6.45) is 2.32. The third-order valence-corrected chi connectivity index (χ3v) is 5.87. The van der Waals surface area contributed by atoms with Gasteiger partial charge >= 0.3 is 0 Å². The van der Waals surface area contributed by atoms with Gasteiger partial charge in [0, 0.05) is 25.2 Å². The first kappa shape index (κ1) is 21.4. The molecule has 0 saturated carbocycles. The lowest BCUT2D eigenvalue weighted by molar-refractivity contribution is -0.134. The molecule has 150 valence electrons. The van der Waals surface area contributed by atoms with E-state index in [-0.39, 0.29) is 17.9 Å². The molecule has 1 atom stereocenters. The van der Waals surface area contributed by atoms with E-state index in [1.54, 1.807) is 0 Å². The molecule has 0 unspecified atom stereocenters.